The summed E-state index contributed by atoms with van der Waals surface area (Å²) in [6, 6.07) is 5.97. The van der Waals surface area contributed by atoms with Gasteiger partial charge in [0.25, 0.3) is 0 Å². The Labute approximate surface area is 139 Å². The van der Waals surface area contributed by atoms with Crippen LogP contribution in [-0.2, 0) is 24.2 Å². The first-order valence-electron chi connectivity index (χ1n) is 8.06. The van der Waals surface area contributed by atoms with Crippen LogP contribution in [0, 0.1) is 24.0 Å². The van der Waals surface area contributed by atoms with Gasteiger partial charge in [-0.25, -0.2) is 0 Å². The lowest BCUT2D eigenvalue weighted by atomic mass is 9.90. The lowest BCUT2D eigenvalue weighted by Gasteiger charge is -2.19. The van der Waals surface area contributed by atoms with Gasteiger partial charge in [-0.3, -0.25) is 19.6 Å². The number of anilines is 1. The van der Waals surface area contributed by atoms with Crippen molar-refractivity contribution in [2.24, 2.45) is 0 Å². The summed E-state index contributed by atoms with van der Waals surface area (Å²) in [6.45, 7) is 3.15. The Balaban J connectivity index is 1.78. The van der Waals surface area contributed by atoms with E-state index in [1.54, 1.807) is 13.8 Å². The van der Waals surface area contributed by atoms with Gasteiger partial charge >= 0.3 is 5.69 Å². The summed E-state index contributed by atoms with van der Waals surface area (Å²) in [6.07, 6.45) is 4.32. The first kappa shape index (κ1) is 16.2. The third-order valence-corrected chi connectivity index (χ3v) is 4.49. The minimum Gasteiger partial charge on any atom is -0.324 e. The lowest BCUT2D eigenvalue weighted by molar-refractivity contribution is -0.386. The maximum Gasteiger partial charge on any atom is 0.312 e. The molecule has 0 saturated carbocycles. The Morgan fingerprint density at radius 3 is 2.79 bits per heavy atom. The smallest absolute Gasteiger partial charge is 0.312 e. The number of fused-ring (bicyclic) bond motifs is 1. The number of hydrogen-bond donors (Lipinski definition) is 1. The number of benzene rings is 1. The molecule has 0 radical (unpaired) electrons. The molecular weight excluding hydrogens is 308 g/mol. The second-order valence-electron chi connectivity index (χ2n) is 6.13. The highest BCUT2D eigenvalue weighted by Crippen LogP contribution is 2.28. The molecule has 0 atom stereocenters. The van der Waals surface area contributed by atoms with E-state index >= 15 is 0 Å². The molecule has 1 aliphatic carbocycles. The van der Waals surface area contributed by atoms with Crippen molar-refractivity contribution < 1.29 is 9.72 Å². The van der Waals surface area contributed by atoms with Crippen molar-refractivity contribution in [2.75, 3.05) is 5.32 Å². The monoisotopic (exact) mass is 328 g/mol. The number of aromatic nitrogens is 2. The summed E-state index contributed by atoms with van der Waals surface area (Å²) in [7, 11) is 0. The Hall–Kier alpha value is -2.70. The number of amides is 1. The molecule has 1 aromatic heterocycles. The molecule has 2 aromatic rings. The molecule has 0 unspecified atom stereocenters. The van der Waals surface area contributed by atoms with E-state index in [4.69, 9.17) is 0 Å². The number of carbonyl (C=O) groups excluding carboxylic acids is 1. The molecule has 0 bridgehead atoms. The normalized spacial score (nSPS) is 13.4. The molecule has 0 spiro atoms. The van der Waals surface area contributed by atoms with E-state index in [1.807, 2.05) is 12.1 Å². The molecule has 1 N–H and O–H groups in total. The summed E-state index contributed by atoms with van der Waals surface area (Å²) in [5, 5.41) is 18.1. The van der Waals surface area contributed by atoms with Crippen LogP contribution in [0.4, 0.5) is 11.4 Å². The number of hydrogen-bond acceptors (Lipinski definition) is 4. The van der Waals surface area contributed by atoms with Gasteiger partial charge in [-0.15, -0.1) is 0 Å². The van der Waals surface area contributed by atoms with Crippen LogP contribution in [0.2, 0.25) is 0 Å². The van der Waals surface area contributed by atoms with E-state index < -0.39 is 4.92 Å². The lowest BCUT2D eigenvalue weighted by Crippen LogP contribution is -2.21. The van der Waals surface area contributed by atoms with Crippen molar-refractivity contribution in [3.63, 3.8) is 0 Å². The predicted octanol–water partition coefficient (Wildman–Crippen LogP) is 2.93. The molecular formula is C17H20N4O3. The van der Waals surface area contributed by atoms with Crippen molar-refractivity contribution in [1.82, 2.24) is 9.78 Å². The van der Waals surface area contributed by atoms with E-state index in [-0.39, 0.29) is 18.1 Å². The molecule has 7 heteroatoms. The Morgan fingerprint density at radius 1 is 1.33 bits per heavy atom. The molecule has 7 nitrogen and oxygen atoms in total. The van der Waals surface area contributed by atoms with E-state index in [0.29, 0.717) is 11.4 Å². The average Bonchev–Trinajstić information content (AvgIpc) is 2.81. The molecule has 0 saturated heterocycles. The fourth-order valence-corrected chi connectivity index (χ4v) is 3.33. The fourth-order valence-electron chi connectivity index (χ4n) is 3.33. The van der Waals surface area contributed by atoms with E-state index in [9.17, 15) is 14.9 Å². The molecule has 126 valence electrons. The Kier molecular flexibility index (Phi) is 4.33. The van der Waals surface area contributed by atoms with Crippen molar-refractivity contribution in [3.8, 4) is 0 Å². The Bertz CT molecular complexity index is 810. The van der Waals surface area contributed by atoms with Crippen molar-refractivity contribution in [1.29, 1.82) is 0 Å². The number of rotatable bonds is 4. The SMILES string of the molecule is Cc1nn(CC(=O)Nc2cccc3c2CCCC3)c(C)c1[N+](=O)[O-]. The van der Waals surface area contributed by atoms with Gasteiger partial charge in [0.05, 0.1) is 4.92 Å². The zero-order valence-corrected chi connectivity index (χ0v) is 13.8. The zero-order chi connectivity index (χ0) is 17.3. The van der Waals surface area contributed by atoms with Crippen molar-refractivity contribution in [3.05, 3.63) is 50.8 Å². The molecule has 1 aromatic carbocycles. The zero-order valence-electron chi connectivity index (χ0n) is 13.8. The minimum absolute atomic E-state index is 0.0279. The maximum atomic E-state index is 12.4. The standard InChI is InChI=1S/C17H20N4O3/c1-11-17(21(23)24)12(2)20(19-11)10-16(22)18-15-9-5-7-13-6-3-4-8-14(13)15/h5,7,9H,3-4,6,8,10H2,1-2H3,(H,18,22). The molecule has 0 aliphatic heterocycles. The van der Waals surface area contributed by atoms with Crippen LogP contribution < -0.4 is 5.32 Å². The first-order valence-corrected chi connectivity index (χ1v) is 8.06. The summed E-state index contributed by atoms with van der Waals surface area (Å²) >= 11 is 0. The Morgan fingerprint density at radius 2 is 2.08 bits per heavy atom. The van der Waals surface area contributed by atoms with Gasteiger partial charge in [0, 0.05) is 5.69 Å². The highest BCUT2D eigenvalue weighted by molar-refractivity contribution is 5.91. The maximum absolute atomic E-state index is 12.4. The topological polar surface area (TPSA) is 90.1 Å². The van der Waals surface area contributed by atoms with Gasteiger partial charge in [0.2, 0.25) is 5.91 Å². The van der Waals surface area contributed by atoms with E-state index in [0.717, 1.165) is 24.9 Å². The molecule has 24 heavy (non-hydrogen) atoms. The van der Waals surface area contributed by atoms with Crippen LogP contribution in [0.3, 0.4) is 0 Å². The average molecular weight is 328 g/mol. The minimum atomic E-state index is -0.459. The molecule has 1 heterocycles. The second-order valence-corrected chi connectivity index (χ2v) is 6.13. The summed E-state index contributed by atoms with van der Waals surface area (Å²) in [5.41, 5.74) is 4.02. The van der Waals surface area contributed by atoms with Gasteiger partial charge in [0.1, 0.15) is 17.9 Å². The van der Waals surface area contributed by atoms with Gasteiger partial charge in [-0.1, -0.05) is 12.1 Å². The summed E-state index contributed by atoms with van der Waals surface area (Å²) < 4.78 is 1.39. The highest BCUT2D eigenvalue weighted by Gasteiger charge is 2.23. The highest BCUT2D eigenvalue weighted by atomic mass is 16.6. The number of carbonyl (C=O) groups is 1. The fraction of sp³-hybridized carbons (Fsp3) is 0.412. The first-order chi connectivity index (χ1) is 11.5. The van der Waals surface area contributed by atoms with Gasteiger partial charge in [-0.05, 0) is 56.7 Å². The van der Waals surface area contributed by atoms with Gasteiger partial charge in [0.15, 0.2) is 0 Å². The van der Waals surface area contributed by atoms with Crippen LogP contribution >= 0.6 is 0 Å². The van der Waals surface area contributed by atoms with Crippen molar-refractivity contribution in [2.45, 2.75) is 46.1 Å². The largest absolute Gasteiger partial charge is 0.324 e. The third-order valence-electron chi connectivity index (χ3n) is 4.49. The molecule has 0 fully saturated rings. The van der Waals surface area contributed by atoms with Gasteiger partial charge < -0.3 is 5.32 Å². The van der Waals surface area contributed by atoms with Crippen LogP contribution in [0.5, 0.6) is 0 Å². The van der Waals surface area contributed by atoms with Gasteiger partial charge in [-0.2, -0.15) is 5.10 Å². The van der Waals surface area contributed by atoms with Crippen LogP contribution in [-0.4, -0.2) is 20.6 Å². The van der Waals surface area contributed by atoms with E-state index in [1.165, 1.54) is 22.2 Å². The summed E-state index contributed by atoms with van der Waals surface area (Å²) in [4.78, 5) is 23.0. The predicted molar refractivity (Wildman–Crippen MR) is 90.1 cm³/mol. The molecule has 3 rings (SSSR count). The third kappa shape index (κ3) is 3.02. The number of nitrogens with zero attached hydrogens (tertiary/aromatic N) is 3. The number of aryl methyl sites for hydroxylation is 2. The quantitative estimate of drug-likeness (QED) is 0.690. The molecule has 1 aliphatic rings. The number of nitrogens with one attached hydrogen (secondary N) is 1. The van der Waals surface area contributed by atoms with Crippen LogP contribution in [0.25, 0.3) is 0 Å². The number of nitro groups is 1. The van der Waals surface area contributed by atoms with Crippen LogP contribution in [0.1, 0.15) is 35.4 Å². The molecule has 1 amide bonds. The van der Waals surface area contributed by atoms with Crippen LogP contribution in [0.15, 0.2) is 18.2 Å². The second kappa shape index (κ2) is 6.43. The summed E-state index contributed by atoms with van der Waals surface area (Å²) in [5.74, 6) is -0.227. The van der Waals surface area contributed by atoms with E-state index in [2.05, 4.69) is 16.5 Å². The van der Waals surface area contributed by atoms with Crippen molar-refractivity contribution >= 4 is 17.3 Å².